The first kappa shape index (κ1) is 15.7. The second-order valence-electron chi connectivity index (χ2n) is 4.45. The minimum absolute atomic E-state index is 0.0186. The van der Waals surface area contributed by atoms with Gasteiger partial charge < -0.3 is 14.8 Å². The molecule has 1 aliphatic rings. The van der Waals surface area contributed by atoms with Crippen LogP contribution in [0.15, 0.2) is 0 Å². The highest BCUT2D eigenvalue weighted by Gasteiger charge is 2.42. The molecule has 3 nitrogen and oxygen atoms in total. The number of alkyl halides is 3. The van der Waals surface area contributed by atoms with Crippen LogP contribution in [-0.4, -0.2) is 44.2 Å². The summed E-state index contributed by atoms with van der Waals surface area (Å²) in [5, 5.41) is 3.28. The molecule has 6 heteroatoms. The van der Waals surface area contributed by atoms with Gasteiger partial charge in [0.15, 0.2) is 0 Å². The lowest BCUT2D eigenvalue weighted by atomic mass is 9.85. The Morgan fingerprint density at radius 2 is 1.94 bits per heavy atom. The number of likely N-dealkylation sites (N-methyl/N-ethyl adjacent to an activating group) is 1. The molecule has 0 heterocycles. The third-order valence-electron chi connectivity index (χ3n) is 3.01. The average molecular weight is 269 g/mol. The molecule has 0 amide bonds. The highest BCUT2D eigenvalue weighted by atomic mass is 19.4. The van der Waals surface area contributed by atoms with E-state index in [4.69, 9.17) is 9.47 Å². The van der Waals surface area contributed by atoms with Crippen molar-refractivity contribution in [2.75, 3.05) is 19.8 Å². The van der Waals surface area contributed by atoms with Crippen LogP contribution in [0.25, 0.3) is 0 Å². The monoisotopic (exact) mass is 269 g/mol. The molecule has 0 aliphatic heterocycles. The zero-order chi connectivity index (χ0) is 13.6. The van der Waals surface area contributed by atoms with E-state index in [1.54, 1.807) is 0 Å². The van der Waals surface area contributed by atoms with Gasteiger partial charge in [-0.15, -0.1) is 0 Å². The molecule has 3 atom stereocenters. The van der Waals surface area contributed by atoms with Crippen LogP contribution in [0.4, 0.5) is 13.2 Å². The molecule has 0 saturated heterocycles. The first-order valence-electron chi connectivity index (χ1n) is 6.51. The molecule has 108 valence electrons. The van der Waals surface area contributed by atoms with Gasteiger partial charge in [0.25, 0.3) is 0 Å². The van der Waals surface area contributed by atoms with E-state index in [9.17, 15) is 13.2 Å². The van der Waals surface area contributed by atoms with Gasteiger partial charge in [0.1, 0.15) is 0 Å². The highest BCUT2D eigenvalue weighted by molar-refractivity contribution is 4.97. The maximum absolute atomic E-state index is 11.9. The minimum Gasteiger partial charge on any atom is -0.375 e. The lowest BCUT2D eigenvalue weighted by molar-refractivity contribution is -0.158. The smallest absolute Gasteiger partial charge is 0.375 e. The topological polar surface area (TPSA) is 30.5 Å². The first-order chi connectivity index (χ1) is 8.48. The standard InChI is InChI=1S/C12H22F3NO2/c1-3-16-9-8-10(11(9)17-4-2)18-7-5-6-12(13,14)15/h9-11,16H,3-8H2,1-2H3. The molecular formula is C12H22F3NO2. The van der Waals surface area contributed by atoms with E-state index in [1.807, 2.05) is 13.8 Å². The second-order valence-corrected chi connectivity index (χ2v) is 4.45. The van der Waals surface area contributed by atoms with Gasteiger partial charge in [-0.2, -0.15) is 13.2 Å². The summed E-state index contributed by atoms with van der Waals surface area (Å²) in [6.45, 7) is 5.51. The van der Waals surface area contributed by atoms with Gasteiger partial charge >= 0.3 is 6.18 Å². The van der Waals surface area contributed by atoms with Gasteiger partial charge in [0.05, 0.1) is 12.2 Å². The van der Waals surface area contributed by atoms with Crippen molar-refractivity contribution in [1.82, 2.24) is 5.32 Å². The lowest BCUT2D eigenvalue weighted by Gasteiger charge is -2.44. The van der Waals surface area contributed by atoms with Crippen molar-refractivity contribution < 1.29 is 22.6 Å². The third kappa shape index (κ3) is 5.12. The first-order valence-corrected chi connectivity index (χ1v) is 6.51. The lowest BCUT2D eigenvalue weighted by Crippen LogP contribution is -2.60. The van der Waals surface area contributed by atoms with E-state index in [2.05, 4.69) is 5.32 Å². The van der Waals surface area contributed by atoms with E-state index < -0.39 is 12.6 Å². The van der Waals surface area contributed by atoms with Gasteiger partial charge in [-0.25, -0.2) is 0 Å². The molecular weight excluding hydrogens is 247 g/mol. The van der Waals surface area contributed by atoms with Crippen LogP contribution < -0.4 is 5.32 Å². The number of halogens is 3. The summed E-state index contributed by atoms with van der Waals surface area (Å²) in [7, 11) is 0. The Morgan fingerprint density at radius 3 is 2.50 bits per heavy atom. The fraction of sp³-hybridized carbons (Fsp3) is 1.00. The fourth-order valence-electron chi connectivity index (χ4n) is 2.13. The molecule has 1 N–H and O–H groups in total. The van der Waals surface area contributed by atoms with Gasteiger partial charge in [0, 0.05) is 25.7 Å². The van der Waals surface area contributed by atoms with Gasteiger partial charge in [-0.1, -0.05) is 6.92 Å². The van der Waals surface area contributed by atoms with Crippen LogP contribution in [0.1, 0.15) is 33.1 Å². The Labute approximate surface area is 106 Å². The number of rotatable bonds is 8. The summed E-state index contributed by atoms with van der Waals surface area (Å²) in [6, 6.07) is 0.266. The van der Waals surface area contributed by atoms with E-state index in [0.29, 0.717) is 6.61 Å². The SMILES string of the molecule is CCNC1CC(OCCCC(F)(F)F)C1OCC. The van der Waals surface area contributed by atoms with Crippen LogP contribution in [0, 0.1) is 0 Å². The molecule has 0 radical (unpaired) electrons. The molecule has 1 fully saturated rings. The molecule has 1 aliphatic carbocycles. The van der Waals surface area contributed by atoms with Gasteiger partial charge in [-0.3, -0.25) is 0 Å². The van der Waals surface area contributed by atoms with Crippen molar-refractivity contribution in [3.8, 4) is 0 Å². The molecule has 1 rings (SSSR count). The number of hydrogen-bond donors (Lipinski definition) is 1. The predicted molar refractivity (Wildman–Crippen MR) is 62.5 cm³/mol. The molecule has 0 aromatic rings. The summed E-state index contributed by atoms with van der Waals surface area (Å²) in [5.74, 6) is 0. The van der Waals surface area contributed by atoms with Crippen LogP contribution in [-0.2, 0) is 9.47 Å². The maximum Gasteiger partial charge on any atom is 0.389 e. The number of ether oxygens (including phenoxy) is 2. The minimum atomic E-state index is -4.09. The summed E-state index contributed by atoms with van der Waals surface area (Å²) in [4.78, 5) is 0. The van der Waals surface area contributed by atoms with Crippen LogP contribution in [0.3, 0.4) is 0 Å². The Bertz CT molecular complexity index is 236. The van der Waals surface area contributed by atoms with E-state index in [1.165, 1.54) is 0 Å². The summed E-state index contributed by atoms with van der Waals surface area (Å²) < 4.78 is 46.8. The molecule has 18 heavy (non-hydrogen) atoms. The molecule has 3 unspecified atom stereocenters. The zero-order valence-corrected chi connectivity index (χ0v) is 10.9. The summed E-state index contributed by atoms with van der Waals surface area (Å²) in [5.41, 5.74) is 0. The van der Waals surface area contributed by atoms with Crippen molar-refractivity contribution >= 4 is 0 Å². The molecule has 1 saturated carbocycles. The molecule has 0 aromatic heterocycles. The Hall–Kier alpha value is -0.330. The third-order valence-corrected chi connectivity index (χ3v) is 3.01. The summed E-state index contributed by atoms with van der Waals surface area (Å²) in [6.07, 6.45) is -4.14. The second kappa shape index (κ2) is 7.31. The van der Waals surface area contributed by atoms with E-state index in [-0.39, 0.29) is 31.3 Å². The molecule has 0 spiro atoms. The highest BCUT2D eigenvalue weighted by Crippen LogP contribution is 2.28. The van der Waals surface area contributed by atoms with Crippen molar-refractivity contribution in [2.45, 2.75) is 57.5 Å². The largest absolute Gasteiger partial charge is 0.389 e. The molecule has 0 aromatic carbocycles. The van der Waals surface area contributed by atoms with Crippen molar-refractivity contribution in [1.29, 1.82) is 0 Å². The predicted octanol–water partition coefficient (Wildman–Crippen LogP) is 2.50. The number of hydrogen-bond acceptors (Lipinski definition) is 3. The zero-order valence-electron chi connectivity index (χ0n) is 10.9. The fourth-order valence-corrected chi connectivity index (χ4v) is 2.13. The van der Waals surface area contributed by atoms with Crippen LogP contribution in [0.2, 0.25) is 0 Å². The Kier molecular flexibility index (Phi) is 6.38. The average Bonchev–Trinajstić information content (AvgIpc) is 2.27. The van der Waals surface area contributed by atoms with Crippen molar-refractivity contribution in [3.05, 3.63) is 0 Å². The van der Waals surface area contributed by atoms with Crippen LogP contribution >= 0.6 is 0 Å². The van der Waals surface area contributed by atoms with E-state index >= 15 is 0 Å². The normalized spacial score (nSPS) is 28.2. The van der Waals surface area contributed by atoms with Crippen molar-refractivity contribution in [2.24, 2.45) is 0 Å². The van der Waals surface area contributed by atoms with E-state index in [0.717, 1.165) is 13.0 Å². The van der Waals surface area contributed by atoms with Crippen LogP contribution in [0.5, 0.6) is 0 Å². The quantitative estimate of drug-likeness (QED) is 0.687. The van der Waals surface area contributed by atoms with Gasteiger partial charge in [0.2, 0.25) is 0 Å². The Balaban J connectivity index is 2.18. The molecule has 0 bridgehead atoms. The van der Waals surface area contributed by atoms with Gasteiger partial charge in [-0.05, 0) is 26.3 Å². The number of nitrogens with one attached hydrogen (secondary N) is 1. The summed E-state index contributed by atoms with van der Waals surface area (Å²) >= 11 is 0. The van der Waals surface area contributed by atoms with Crippen molar-refractivity contribution in [3.63, 3.8) is 0 Å². The maximum atomic E-state index is 11.9. The Morgan fingerprint density at radius 1 is 1.22 bits per heavy atom.